The Kier molecular flexibility index (Phi) is 4.85. The summed E-state index contributed by atoms with van der Waals surface area (Å²) in [5.74, 6) is -1.50. The van der Waals surface area contributed by atoms with Crippen molar-refractivity contribution in [2.75, 3.05) is 7.11 Å². The van der Waals surface area contributed by atoms with Crippen molar-refractivity contribution in [2.45, 2.75) is 0 Å². The molecule has 0 spiro atoms. The summed E-state index contributed by atoms with van der Waals surface area (Å²) in [6.45, 7) is 0. The van der Waals surface area contributed by atoms with Crippen LogP contribution in [0.15, 0.2) is 47.9 Å². The van der Waals surface area contributed by atoms with Crippen LogP contribution in [0.3, 0.4) is 0 Å². The van der Waals surface area contributed by atoms with Crippen LogP contribution < -0.4 is 0 Å². The van der Waals surface area contributed by atoms with Crippen LogP contribution in [0.4, 0.5) is 0 Å². The van der Waals surface area contributed by atoms with Gasteiger partial charge in [0.05, 0.1) is 7.11 Å². The standard InChI is InChI=1S/C17H12O3S3/c1-20-17(19)12(18)6-4-11-5-7-15(22-11)16-9-8-14(23-16)13-3-2-10-21-13/h2-10H,1H3. The zero-order chi connectivity index (χ0) is 16.2. The van der Waals surface area contributed by atoms with E-state index in [-0.39, 0.29) is 0 Å². The summed E-state index contributed by atoms with van der Waals surface area (Å²) >= 11 is 5.05. The Morgan fingerprint density at radius 2 is 1.65 bits per heavy atom. The second kappa shape index (κ2) is 7.04. The molecule has 3 rings (SSSR count). The number of hydrogen-bond donors (Lipinski definition) is 0. The monoisotopic (exact) mass is 360 g/mol. The highest BCUT2D eigenvalue weighted by Crippen LogP contribution is 2.39. The van der Waals surface area contributed by atoms with Gasteiger partial charge < -0.3 is 4.74 Å². The zero-order valence-corrected chi connectivity index (χ0v) is 14.6. The molecule has 0 amide bonds. The van der Waals surface area contributed by atoms with Crippen molar-refractivity contribution >= 4 is 51.8 Å². The molecule has 116 valence electrons. The average molecular weight is 360 g/mol. The highest BCUT2D eigenvalue weighted by molar-refractivity contribution is 7.26. The van der Waals surface area contributed by atoms with Gasteiger partial charge in [-0.25, -0.2) is 4.79 Å². The summed E-state index contributed by atoms with van der Waals surface area (Å²) in [6, 6.07) is 12.4. The van der Waals surface area contributed by atoms with Crippen LogP contribution in [0.1, 0.15) is 4.88 Å². The molecule has 6 heteroatoms. The van der Waals surface area contributed by atoms with E-state index < -0.39 is 11.8 Å². The van der Waals surface area contributed by atoms with Gasteiger partial charge in [0.2, 0.25) is 0 Å². The van der Waals surface area contributed by atoms with Gasteiger partial charge in [0.15, 0.2) is 0 Å². The van der Waals surface area contributed by atoms with Gasteiger partial charge in [0.25, 0.3) is 5.78 Å². The van der Waals surface area contributed by atoms with Crippen LogP contribution in [0, 0.1) is 0 Å². The second-order valence-electron chi connectivity index (χ2n) is 4.53. The minimum atomic E-state index is -0.850. The molecule has 0 unspecified atom stereocenters. The minimum absolute atomic E-state index is 0.654. The highest BCUT2D eigenvalue weighted by Gasteiger charge is 2.10. The topological polar surface area (TPSA) is 43.4 Å². The SMILES string of the molecule is COC(=O)C(=O)C=Cc1ccc(-c2ccc(-c3cccs3)s2)s1. The molecule has 0 atom stereocenters. The Morgan fingerprint density at radius 3 is 2.35 bits per heavy atom. The summed E-state index contributed by atoms with van der Waals surface area (Å²) in [5, 5.41) is 2.07. The van der Waals surface area contributed by atoms with Gasteiger partial charge in [-0.15, -0.1) is 34.0 Å². The summed E-state index contributed by atoms with van der Waals surface area (Å²) in [6.07, 6.45) is 2.88. The van der Waals surface area contributed by atoms with E-state index in [9.17, 15) is 9.59 Å². The molecule has 0 saturated carbocycles. The van der Waals surface area contributed by atoms with E-state index in [4.69, 9.17) is 0 Å². The van der Waals surface area contributed by atoms with Crippen LogP contribution in [0.5, 0.6) is 0 Å². The van der Waals surface area contributed by atoms with Crippen molar-refractivity contribution in [3.05, 3.63) is 52.7 Å². The fourth-order valence-electron chi connectivity index (χ4n) is 1.92. The van der Waals surface area contributed by atoms with E-state index in [0.717, 1.165) is 9.75 Å². The molecule has 3 aromatic rings. The summed E-state index contributed by atoms with van der Waals surface area (Å²) in [5.41, 5.74) is 0. The Balaban J connectivity index is 1.76. The zero-order valence-electron chi connectivity index (χ0n) is 12.1. The first-order chi connectivity index (χ1) is 11.2. The van der Waals surface area contributed by atoms with Gasteiger partial charge in [-0.05, 0) is 47.9 Å². The maximum absolute atomic E-state index is 11.4. The van der Waals surface area contributed by atoms with Gasteiger partial charge in [-0.2, -0.15) is 0 Å². The van der Waals surface area contributed by atoms with Gasteiger partial charge in [-0.3, -0.25) is 4.79 Å². The van der Waals surface area contributed by atoms with E-state index in [0.29, 0.717) is 0 Å². The molecule has 0 N–H and O–H groups in total. The smallest absolute Gasteiger partial charge is 0.378 e. The van der Waals surface area contributed by atoms with Crippen LogP contribution >= 0.6 is 34.0 Å². The first-order valence-corrected chi connectivity index (χ1v) is 9.23. The van der Waals surface area contributed by atoms with Crippen LogP contribution in [0.2, 0.25) is 0 Å². The van der Waals surface area contributed by atoms with Crippen molar-refractivity contribution in [2.24, 2.45) is 0 Å². The average Bonchev–Trinajstić information content (AvgIpc) is 3.31. The van der Waals surface area contributed by atoms with Gasteiger partial charge in [-0.1, -0.05) is 6.07 Å². The molecule has 0 aliphatic heterocycles. The minimum Gasteiger partial charge on any atom is -0.463 e. The van der Waals surface area contributed by atoms with Crippen molar-refractivity contribution < 1.29 is 14.3 Å². The number of thiophene rings is 3. The second-order valence-corrected chi connectivity index (χ2v) is 7.68. The van der Waals surface area contributed by atoms with Crippen molar-refractivity contribution in [1.29, 1.82) is 0 Å². The van der Waals surface area contributed by atoms with E-state index in [1.165, 1.54) is 27.8 Å². The number of rotatable bonds is 5. The number of carbonyl (C=O) groups excluding carboxylic acids is 2. The van der Waals surface area contributed by atoms with Crippen LogP contribution in [-0.2, 0) is 14.3 Å². The molecule has 0 aliphatic carbocycles. The number of ketones is 1. The Labute approximate surface area is 145 Å². The Morgan fingerprint density at radius 1 is 0.957 bits per heavy atom. The summed E-state index contributed by atoms with van der Waals surface area (Å²) in [7, 11) is 1.19. The third kappa shape index (κ3) is 3.67. The fraction of sp³-hybridized carbons (Fsp3) is 0.0588. The molecule has 0 saturated heterocycles. The van der Waals surface area contributed by atoms with Crippen molar-refractivity contribution in [3.63, 3.8) is 0 Å². The lowest BCUT2D eigenvalue weighted by atomic mass is 10.3. The van der Waals surface area contributed by atoms with Gasteiger partial charge >= 0.3 is 5.97 Å². The Hall–Kier alpha value is -2.02. The largest absolute Gasteiger partial charge is 0.463 e. The number of carbonyl (C=O) groups is 2. The summed E-state index contributed by atoms with van der Waals surface area (Å²) < 4.78 is 4.38. The molecule has 0 aromatic carbocycles. The molecule has 0 fully saturated rings. The first kappa shape index (κ1) is 15.9. The predicted molar refractivity (Wildman–Crippen MR) is 97.0 cm³/mol. The molecule has 0 bridgehead atoms. The lowest BCUT2D eigenvalue weighted by molar-refractivity contribution is -0.149. The van der Waals surface area contributed by atoms with Gasteiger partial charge in [0.1, 0.15) is 0 Å². The van der Waals surface area contributed by atoms with E-state index in [1.54, 1.807) is 40.1 Å². The molecule has 0 aliphatic rings. The molecular weight excluding hydrogens is 348 g/mol. The lowest BCUT2D eigenvalue weighted by Gasteiger charge is -1.91. The Bertz CT molecular complexity index is 853. The molecular formula is C17H12O3S3. The highest BCUT2D eigenvalue weighted by atomic mass is 32.1. The summed E-state index contributed by atoms with van der Waals surface area (Å²) in [4.78, 5) is 28.2. The number of methoxy groups -OCH3 is 1. The van der Waals surface area contributed by atoms with Crippen molar-refractivity contribution in [1.82, 2.24) is 0 Å². The number of hydrogen-bond acceptors (Lipinski definition) is 6. The molecule has 3 heterocycles. The quantitative estimate of drug-likeness (QED) is 0.367. The van der Waals surface area contributed by atoms with Crippen molar-refractivity contribution in [3.8, 4) is 19.5 Å². The van der Waals surface area contributed by atoms with Crippen LogP contribution in [0.25, 0.3) is 25.6 Å². The molecule has 23 heavy (non-hydrogen) atoms. The third-order valence-electron chi connectivity index (χ3n) is 3.03. The molecule has 3 aromatic heterocycles. The molecule has 0 radical (unpaired) electrons. The normalized spacial score (nSPS) is 11.0. The first-order valence-electron chi connectivity index (χ1n) is 6.71. The predicted octanol–water partition coefficient (Wildman–Crippen LogP) is 4.96. The maximum Gasteiger partial charge on any atom is 0.378 e. The lowest BCUT2D eigenvalue weighted by Crippen LogP contribution is -2.11. The number of ether oxygens (including phenoxy) is 1. The maximum atomic E-state index is 11.4. The molecule has 3 nitrogen and oxygen atoms in total. The van der Waals surface area contributed by atoms with Crippen LogP contribution in [-0.4, -0.2) is 18.9 Å². The third-order valence-corrected chi connectivity index (χ3v) is 6.42. The number of esters is 1. The van der Waals surface area contributed by atoms with E-state index >= 15 is 0 Å². The van der Waals surface area contributed by atoms with E-state index in [1.807, 2.05) is 18.2 Å². The van der Waals surface area contributed by atoms with Gasteiger partial charge in [0, 0.05) is 24.4 Å². The van der Waals surface area contributed by atoms with E-state index in [2.05, 4.69) is 28.3 Å². The fourth-order valence-corrected chi connectivity index (χ4v) is 4.76.